The Balaban J connectivity index is 1.44. The van der Waals surface area contributed by atoms with E-state index in [0.717, 1.165) is 4.47 Å². The molecule has 0 saturated carbocycles. The number of rotatable bonds is 8. The molecule has 0 heterocycles. The summed E-state index contributed by atoms with van der Waals surface area (Å²) in [6, 6.07) is 22.8. The lowest BCUT2D eigenvalue weighted by molar-refractivity contribution is -0.152. The third-order valence-corrected chi connectivity index (χ3v) is 4.81. The van der Waals surface area contributed by atoms with Crippen molar-refractivity contribution < 1.29 is 23.9 Å². The first-order valence-electron chi connectivity index (χ1n) is 9.78. The minimum Gasteiger partial charge on any atom is -0.457 e. The van der Waals surface area contributed by atoms with Crippen molar-refractivity contribution >= 4 is 39.4 Å². The molecular weight excluding hydrogens is 476 g/mol. The number of esters is 1. The predicted octanol–water partition coefficient (Wildman–Crippen LogP) is 4.54. The molecule has 0 aliphatic heterocycles. The molecule has 1 unspecified atom stereocenters. The zero-order valence-electron chi connectivity index (χ0n) is 17.2. The number of carbonyl (C=O) groups is 3. The van der Waals surface area contributed by atoms with Crippen LogP contribution in [0.5, 0.6) is 11.5 Å². The lowest BCUT2D eigenvalue weighted by Crippen LogP contribution is -2.35. The van der Waals surface area contributed by atoms with Gasteiger partial charge in [-0.1, -0.05) is 34.1 Å². The van der Waals surface area contributed by atoms with E-state index in [1.807, 2.05) is 30.3 Å². The van der Waals surface area contributed by atoms with Crippen LogP contribution in [0.15, 0.2) is 83.3 Å². The minimum absolute atomic E-state index is 0.349. The molecule has 8 heteroatoms. The van der Waals surface area contributed by atoms with Crippen LogP contribution >= 0.6 is 15.9 Å². The zero-order chi connectivity index (χ0) is 22.9. The van der Waals surface area contributed by atoms with E-state index >= 15 is 0 Å². The van der Waals surface area contributed by atoms with Crippen LogP contribution in [0.2, 0.25) is 0 Å². The fraction of sp³-hybridized carbons (Fsp3) is 0.125. The fourth-order valence-corrected chi connectivity index (χ4v) is 2.89. The summed E-state index contributed by atoms with van der Waals surface area (Å²) in [5, 5.41) is 5.13. The Bertz CT molecular complexity index is 1070. The first-order valence-corrected chi connectivity index (χ1v) is 10.6. The van der Waals surface area contributed by atoms with E-state index in [4.69, 9.17) is 9.47 Å². The quantitative estimate of drug-likeness (QED) is 0.446. The van der Waals surface area contributed by atoms with Gasteiger partial charge in [-0.15, -0.1) is 0 Å². The summed E-state index contributed by atoms with van der Waals surface area (Å²) < 4.78 is 11.6. The number of para-hydroxylation sites is 1. The van der Waals surface area contributed by atoms with Gasteiger partial charge in [0.05, 0.1) is 0 Å². The Hall–Kier alpha value is -3.65. The molecule has 0 radical (unpaired) electrons. The van der Waals surface area contributed by atoms with Crippen LogP contribution < -0.4 is 15.4 Å². The van der Waals surface area contributed by atoms with Gasteiger partial charge in [0.15, 0.2) is 6.10 Å². The Morgan fingerprint density at radius 3 is 2.16 bits per heavy atom. The molecule has 164 valence electrons. The third kappa shape index (κ3) is 6.95. The zero-order valence-corrected chi connectivity index (χ0v) is 18.8. The Morgan fingerprint density at radius 2 is 1.50 bits per heavy atom. The van der Waals surface area contributed by atoms with Crippen LogP contribution in [0.25, 0.3) is 0 Å². The summed E-state index contributed by atoms with van der Waals surface area (Å²) in [6.07, 6.45) is -1.03. The van der Waals surface area contributed by atoms with Gasteiger partial charge in [-0.3, -0.25) is 14.4 Å². The number of nitrogens with one attached hydrogen (secondary N) is 2. The molecule has 0 saturated heterocycles. The SMILES string of the molecule is CC(OC(=O)CNC(=O)c1ccc(Br)cc1)C(=O)Nc1ccc(Oc2ccccc2)cc1. The molecule has 3 rings (SSSR count). The Morgan fingerprint density at radius 1 is 0.875 bits per heavy atom. The molecule has 1 atom stereocenters. The Labute approximate surface area is 193 Å². The highest BCUT2D eigenvalue weighted by molar-refractivity contribution is 9.10. The number of hydrogen-bond acceptors (Lipinski definition) is 5. The highest BCUT2D eigenvalue weighted by Crippen LogP contribution is 2.22. The summed E-state index contributed by atoms with van der Waals surface area (Å²) in [6.45, 7) is 1.11. The van der Waals surface area contributed by atoms with E-state index < -0.39 is 23.9 Å². The largest absolute Gasteiger partial charge is 0.457 e. The van der Waals surface area contributed by atoms with E-state index in [9.17, 15) is 14.4 Å². The number of ether oxygens (including phenoxy) is 2. The molecule has 2 amide bonds. The van der Waals surface area contributed by atoms with Crippen LogP contribution in [0.3, 0.4) is 0 Å². The molecule has 2 N–H and O–H groups in total. The summed E-state index contributed by atoms with van der Waals surface area (Å²) >= 11 is 3.29. The molecule has 7 nitrogen and oxygen atoms in total. The van der Waals surface area contributed by atoms with Crippen molar-refractivity contribution in [2.75, 3.05) is 11.9 Å². The van der Waals surface area contributed by atoms with Gasteiger partial charge in [-0.05, 0) is 67.6 Å². The van der Waals surface area contributed by atoms with Crippen LogP contribution in [0.1, 0.15) is 17.3 Å². The standard InChI is InChI=1S/C24H21BrN2O5/c1-16(31-22(28)15-26-24(30)17-7-9-18(25)10-8-17)23(29)27-19-11-13-21(14-12-19)32-20-5-3-2-4-6-20/h2-14,16H,15H2,1H3,(H,26,30)(H,27,29). The number of benzene rings is 3. The molecule has 0 aromatic heterocycles. The molecule has 3 aromatic rings. The molecular formula is C24H21BrN2O5. The number of carbonyl (C=O) groups excluding carboxylic acids is 3. The topological polar surface area (TPSA) is 93.7 Å². The second-order valence-corrected chi connectivity index (χ2v) is 7.67. The number of amides is 2. The maximum Gasteiger partial charge on any atom is 0.326 e. The highest BCUT2D eigenvalue weighted by atomic mass is 79.9. The van der Waals surface area contributed by atoms with Crippen molar-refractivity contribution in [1.29, 1.82) is 0 Å². The number of halogens is 1. The fourth-order valence-electron chi connectivity index (χ4n) is 2.62. The average molecular weight is 497 g/mol. The van der Waals surface area contributed by atoms with Crippen molar-refractivity contribution in [3.8, 4) is 11.5 Å². The first kappa shape index (κ1) is 23.0. The highest BCUT2D eigenvalue weighted by Gasteiger charge is 2.18. The van der Waals surface area contributed by atoms with Crippen LogP contribution in [0, 0.1) is 0 Å². The molecule has 0 fully saturated rings. The summed E-state index contributed by atoms with van der Waals surface area (Å²) in [7, 11) is 0. The van der Waals surface area contributed by atoms with Gasteiger partial charge in [0.2, 0.25) is 0 Å². The van der Waals surface area contributed by atoms with Gasteiger partial charge in [0, 0.05) is 15.7 Å². The van der Waals surface area contributed by atoms with E-state index in [2.05, 4.69) is 26.6 Å². The molecule has 32 heavy (non-hydrogen) atoms. The smallest absolute Gasteiger partial charge is 0.326 e. The number of anilines is 1. The van der Waals surface area contributed by atoms with E-state index in [0.29, 0.717) is 22.7 Å². The van der Waals surface area contributed by atoms with Gasteiger partial charge >= 0.3 is 5.97 Å². The van der Waals surface area contributed by atoms with Gasteiger partial charge in [0.1, 0.15) is 18.0 Å². The summed E-state index contributed by atoms with van der Waals surface area (Å²) in [4.78, 5) is 36.3. The minimum atomic E-state index is -1.03. The normalized spacial score (nSPS) is 11.2. The van der Waals surface area contributed by atoms with Gasteiger partial charge in [-0.25, -0.2) is 0 Å². The summed E-state index contributed by atoms with van der Waals surface area (Å²) in [5.74, 6) is -0.296. The first-order chi connectivity index (χ1) is 15.4. The monoisotopic (exact) mass is 496 g/mol. The molecule has 0 bridgehead atoms. The third-order valence-electron chi connectivity index (χ3n) is 4.28. The maximum absolute atomic E-state index is 12.3. The average Bonchev–Trinajstić information content (AvgIpc) is 2.80. The van der Waals surface area contributed by atoms with E-state index in [1.54, 1.807) is 48.5 Å². The van der Waals surface area contributed by atoms with Crippen molar-refractivity contribution in [3.05, 3.63) is 88.9 Å². The summed E-state index contributed by atoms with van der Waals surface area (Å²) in [5.41, 5.74) is 0.938. The van der Waals surface area contributed by atoms with Gasteiger partial charge < -0.3 is 20.1 Å². The Kier molecular flexibility index (Phi) is 7.99. The van der Waals surface area contributed by atoms with Crippen LogP contribution in [0.4, 0.5) is 5.69 Å². The second kappa shape index (κ2) is 11.1. The predicted molar refractivity (Wildman–Crippen MR) is 124 cm³/mol. The molecule has 3 aromatic carbocycles. The van der Waals surface area contributed by atoms with E-state index in [1.165, 1.54) is 6.92 Å². The van der Waals surface area contributed by atoms with Crippen molar-refractivity contribution in [2.24, 2.45) is 0 Å². The van der Waals surface area contributed by atoms with Crippen molar-refractivity contribution in [1.82, 2.24) is 5.32 Å². The van der Waals surface area contributed by atoms with Gasteiger partial charge in [-0.2, -0.15) is 0 Å². The van der Waals surface area contributed by atoms with Crippen molar-refractivity contribution in [2.45, 2.75) is 13.0 Å². The van der Waals surface area contributed by atoms with Gasteiger partial charge in [0.25, 0.3) is 11.8 Å². The van der Waals surface area contributed by atoms with E-state index in [-0.39, 0.29) is 6.54 Å². The van der Waals surface area contributed by atoms with Crippen LogP contribution in [-0.2, 0) is 14.3 Å². The molecule has 0 aliphatic carbocycles. The number of hydrogen-bond donors (Lipinski definition) is 2. The molecule has 0 aliphatic rings. The van der Waals surface area contributed by atoms with Crippen LogP contribution in [-0.4, -0.2) is 30.4 Å². The molecule has 0 spiro atoms. The second-order valence-electron chi connectivity index (χ2n) is 6.75. The lowest BCUT2D eigenvalue weighted by atomic mass is 10.2. The maximum atomic E-state index is 12.3. The van der Waals surface area contributed by atoms with Crippen molar-refractivity contribution in [3.63, 3.8) is 0 Å². The lowest BCUT2D eigenvalue weighted by Gasteiger charge is -2.14.